The van der Waals surface area contributed by atoms with Crippen molar-refractivity contribution in [2.24, 2.45) is 5.92 Å². The molecule has 0 bridgehead atoms. The lowest BCUT2D eigenvalue weighted by atomic mass is 9.90. The molecule has 2 heterocycles. The summed E-state index contributed by atoms with van der Waals surface area (Å²) < 4.78 is 13.5. The number of hydrogen-bond donors (Lipinski definition) is 0. The van der Waals surface area contributed by atoms with Crippen LogP contribution in [0.25, 0.3) is 0 Å². The van der Waals surface area contributed by atoms with Crippen LogP contribution in [0, 0.1) is 18.7 Å². The first-order valence-electron chi connectivity index (χ1n) is 9.75. The van der Waals surface area contributed by atoms with Crippen LogP contribution in [0.4, 0.5) is 15.8 Å². The molecule has 5 rings (SSSR count). The Balaban J connectivity index is 1.59. The third-order valence-electron chi connectivity index (χ3n) is 5.60. The average Bonchev–Trinajstić information content (AvgIpc) is 3.26. The molecule has 2 fully saturated rings. The highest BCUT2D eigenvalue weighted by atomic mass is 19.1. The van der Waals surface area contributed by atoms with Crippen LogP contribution < -0.4 is 9.96 Å². The molecule has 2 saturated heterocycles. The van der Waals surface area contributed by atoms with Gasteiger partial charge in [0.25, 0.3) is 5.91 Å². The standard InChI is InChI=1S/C24H19FN2O3/c1-15-6-5-9-19(14-15)26-23(28)20-21(16-10-12-17(25)13-11-16)27(30-22(20)24(26)29)18-7-3-2-4-8-18/h2-14,20-22H,1H3/t20-,21-,22+/m0/s1. The van der Waals surface area contributed by atoms with E-state index in [2.05, 4.69) is 0 Å². The molecule has 3 aromatic carbocycles. The second-order valence-corrected chi connectivity index (χ2v) is 7.56. The number of carbonyl (C=O) groups is 2. The van der Waals surface area contributed by atoms with Crippen molar-refractivity contribution >= 4 is 23.2 Å². The molecule has 2 amide bonds. The Labute approximate surface area is 173 Å². The third-order valence-corrected chi connectivity index (χ3v) is 5.60. The minimum Gasteiger partial charge on any atom is -0.273 e. The van der Waals surface area contributed by atoms with Crippen LogP contribution in [0.3, 0.4) is 0 Å². The van der Waals surface area contributed by atoms with E-state index in [-0.39, 0.29) is 17.6 Å². The first-order valence-corrected chi connectivity index (χ1v) is 9.75. The topological polar surface area (TPSA) is 49.9 Å². The minimum atomic E-state index is -0.937. The van der Waals surface area contributed by atoms with E-state index in [0.717, 1.165) is 11.3 Å². The highest BCUT2D eigenvalue weighted by molar-refractivity contribution is 6.23. The molecule has 2 aliphatic rings. The van der Waals surface area contributed by atoms with Gasteiger partial charge in [0.15, 0.2) is 6.10 Å². The van der Waals surface area contributed by atoms with Gasteiger partial charge in [0.2, 0.25) is 5.91 Å². The first kappa shape index (κ1) is 18.5. The van der Waals surface area contributed by atoms with Gasteiger partial charge in [-0.3, -0.25) is 14.4 Å². The molecule has 3 aromatic rings. The van der Waals surface area contributed by atoms with E-state index >= 15 is 0 Å². The van der Waals surface area contributed by atoms with Crippen molar-refractivity contribution in [3.63, 3.8) is 0 Å². The van der Waals surface area contributed by atoms with E-state index in [0.29, 0.717) is 11.3 Å². The van der Waals surface area contributed by atoms with Crippen molar-refractivity contribution in [1.82, 2.24) is 0 Å². The maximum absolute atomic E-state index is 13.5. The van der Waals surface area contributed by atoms with Crippen LogP contribution in [0.5, 0.6) is 0 Å². The molecule has 0 spiro atoms. The quantitative estimate of drug-likeness (QED) is 0.617. The zero-order valence-electron chi connectivity index (χ0n) is 16.2. The van der Waals surface area contributed by atoms with Gasteiger partial charge in [0.05, 0.1) is 17.4 Å². The molecule has 0 aromatic heterocycles. The zero-order valence-corrected chi connectivity index (χ0v) is 16.2. The summed E-state index contributed by atoms with van der Waals surface area (Å²) in [6.07, 6.45) is -0.937. The maximum atomic E-state index is 13.5. The van der Waals surface area contributed by atoms with Crippen molar-refractivity contribution < 1.29 is 18.8 Å². The minimum absolute atomic E-state index is 0.316. The van der Waals surface area contributed by atoms with Crippen LogP contribution in [0.2, 0.25) is 0 Å². The second kappa shape index (κ2) is 7.07. The van der Waals surface area contributed by atoms with Crippen molar-refractivity contribution in [3.05, 3.63) is 95.8 Å². The smallest absolute Gasteiger partial charge is 0.266 e. The Kier molecular flexibility index (Phi) is 4.37. The number of hydrogen-bond acceptors (Lipinski definition) is 4. The summed E-state index contributed by atoms with van der Waals surface area (Å²) in [6.45, 7) is 1.91. The molecule has 30 heavy (non-hydrogen) atoms. The lowest BCUT2D eigenvalue weighted by Crippen LogP contribution is -2.37. The van der Waals surface area contributed by atoms with Crippen LogP contribution >= 0.6 is 0 Å². The molecule has 0 N–H and O–H groups in total. The summed E-state index contributed by atoms with van der Waals surface area (Å²) in [6, 6.07) is 22.0. The SMILES string of the molecule is Cc1cccc(N2C(=O)[C@@H]3[C@@H](ON(c4ccccc4)[C@H]3c3ccc(F)cc3)C2=O)c1. The molecular formula is C24H19FN2O3. The van der Waals surface area contributed by atoms with Gasteiger partial charge in [-0.1, -0.05) is 42.5 Å². The summed E-state index contributed by atoms with van der Waals surface area (Å²) in [5.74, 6) is -1.80. The number of nitrogens with zero attached hydrogens (tertiary/aromatic N) is 2. The lowest BCUT2D eigenvalue weighted by molar-refractivity contribution is -0.126. The molecular weight excluding hydrogens is 383 g/mol. The lowest BCUT2D eigenvalue weighted by Gasteiger charge is -2.28. The highest BCUT2D eigenvalue weighted by Crippen LogP contribution is 2.47. The Morgan fingerprint density at radius 1 is 0.833 bits per heavy atom. The van der Waals surface area contributed by atoms with Crippen LogP contribution in [-0.2, 0) is 14.4 Å². The van der Waals surface area contributed by atoms with Crippen LogP contribution in [-0.4, -0.2) is 17.9 Å². The van der Waals surface area contributed by atoms with Gasteiger partial charge in [-0.05, 0) is 54.4 Å². The van der Waals surface area contributed by atoms with Gasteiger partial charge >= 0.3 is 0 Å². The number of aryl methyl sites for hydroxylation is 1. The fourth-order valence-electron chi connectivity index (χ4n) is 4.23. The van der Waals surface area contributed by atoms with Gasteiger partial charge < -0.3 is 0 Å². The number of imide groups is 1. The molecule has 2 aliphatic heterocycles. The van der Waals surface area contributed by atoms with Gasteiger partial charge in [0, 0.05) is 0 Å². The number of halogens is 1. The predicted octanol–water partition coefficient (Wildman–Crippen LogP) is 4.19. The van der Waals surface area contributed by atoms with E-state index in [4.69, 9.17) is 4.84 Å². The number of benzene rings is 3. The molecule has 6 heteroatoms. The predicted molar refractivity (Wildman–Crippen MR) is 110 cm³/mol. The number of fused-ring (bicyclic) bond motifs is 1. The molecule has 3 atom stereocenters. The number of anilines is 2. The Hall–Kier alpha value is -3.51. The van der Waals surface area contributed by atoms with Gasteiger partial charge in [-0.2, -0.15) is 0 Å². The van der Waals surface area contributed by atoms with Crippen molar-refractivity contribution in [3.8, 4) is 0 Å². The molecule has 0 unspecified atom stereocenters. The van der Waals surface area contributed by atoms with Crippen molar-refractivity contribution in [1.29, 1.82) is 0 Å². The van der Waals surface area contributed by atoms with E-state index < -0.39 is 18.1 Å². The van der Waals surface area contributed by atoms with Crippen molar-refractivity contribution in [2.45, 2.75) is 19.1 Å². The van der Waals surface area contributed by atoms with E-state index in [1.54, 1.807) is 29.3 Å². The molecule has 5 nitrogen and oxygen atoms in total. The number of para-hydroxylation sites is 1. The Bertz CT molecular complexity index is 1120. The maximum Gasteiger partial charge on any atom is 0.266 e. The second-order valence-electron chi connectivity index (χ2n) is 7.56. The first-order chi connectivity index (χ1) is 14.5. The largest absolute Gasteiger partial charge is 0.273 e. The van der Waals surface area contributed by atoms with Gasteiger partial charge in [-0.15, -0.1) is 0 Å². The van der Waals surface area contributed by atoms with Crippen LogP contribution in [0.15, 0.2) is 78.9 Å². The van der Waals surface area contributed by atoms with E-state index in [9.17, 15) is 14.0 Å². The summed E-state index contributed by atoms with van der Waals surface area (Å²) in [5, 5.41) is 1.60. The van der Waals surface area contributed by atoms with Gasteiger partial charge in [-0.25, -0.2) is 14.4 Å². The zero-order chi connectivity index (χ0) is 20.8. The van der Waals surface area contributed by atoms with E-state index in [1.165, 1.54) is 17.0 Å². The fourth-order valence-corrected chi connectivity index (χ4v) is 4.23. The summed E-state index contributed by atoms with van der Waals surface area (Å²) in [7, 11) is 0. The van der Waals surface area contributed by atoms with Gasteiger partial charge in [0.1, 0.15) is 11.7 Å². The summed E-state index contributed by atoms with van der Waals surface area (Å²) >= 11 is 0. The highest BCUT2D eigenvalue weighted by Gasteiger charge is 2.60. The molecule has 0 aliphatic carbocycles. The summed E-state index contributed by atoms with van der Waals surface area (Å²) in [4.78, 5) is 33.9. The number of hydroxylamine groups is 1. The number of amides is 2. The molecule has 0 saturated carbocycles. The Morgan fingerprint density at radius 3 is 2.23 bits per heavy atom. The number of rotatable bonds is 3. The van der Waals surface area contributed by atoms with E-state index in [1.807, 2.05) is 49.4 Å². The fraction of sp³-hybridized carbons (Fsp3) is 0.167. The average molecular weight is 402 g/mol. The number of carbonyl (C=O) groups excluding carboxylic acids is 2. The summed E-state index contributed by atoms with van der Waals surface area (Å²) in [5.41, 5.74) is 2.92. The monoisotopic (exact) mass is 402 g/mol. The Morgan fingerprint density at radius 2 is 1.53 bits per heavy atom. The third kappa shape index (κ3) is 2.88. The molecule has 150 valence electrons. The van der Waals surface area contributed by atoms with Crippen LogP contribution in [0.1, 0.15) is 17.2 Å². The normalized spacial score (nSPS) is 23.2. The van der Waals surface area contributed by atoms with Crippen molar-refractivity contribution in [2.75, 3.05) is 9.96 Å². The molecule has 0 radical (unpaired) electrons.